The Kier molecular flexibility index (Phi) is 5.59. The summed E-state index contributed by atoms with van der Waals surface area (Å²) in [5.41, 5.74) is 2.28. The third-order valence-electron chi connectivity index (χ3n) is 5.12. The van der Waals surface area contributed by atoms with Gasteiger partial charge in [-0.25, -0.2) is 0 Å². The van der Waals surface area contributed by atoms with Crippen molar-refractivity contribution >= 4 is 23.8 Å². The standard InChI is InChI=1S/C20H17F4N3O4/c1-27(17(21)15(31-11-28)16(26-27)20(22,23)24)13-8-6-7-12(18(25)29)14(13)19(30-2)9-4-3-5-10-19/h3-9,11H,10H2,1-2H3,(H-,25,29)/p+1. The van der Waals surface area contributed by atoms with Gasteiger partial charge in [0, 0.05) is 19.6 Å². The van der Waals surface area contributed by atoms with Crippen molar-refractivity contribution in [2.45, 2.75) is 18.2 Å². The van der Waals surface area contributed by atoms with Crippen LogP contribution in [0.2, 0.25) is 0 Å². The third-order valence-corrected chi connectivity index (χ3v) is 5.12. The molecule has 0 radical (unpaired) electrons. The average molecular weight is 440 g/mol. The van der Waals surface area contributed by atoms with Gasteiger partial charge in [0.15, 0.2) is 5.69 Å². The van der Waals surface area contributed by atoms with Crippen molar-refractivity contribution in [1.82, 2.24) is 4.59 Å². The van der Waals surface area contributed by atoms with E-state index in [1.54, 1.807) is 24.3 Å². The van der Waals surface area contributed by atoms with Crippen LogP contribution in [0.4, 0.5) is 23.2 Å². The number of carbonyl (C=O) groups excluding carboxylic acids is 2. The molecule has 0 saturated heterocycles. The first-order valence-corrected chi connectivity index (χ1v) is 8.90. The molecule has 7 nitrogen and oxygen atoms in total. The molecule has 1 heterocycles. The number of nitrogens with zero attached hydrogens (tertiary/aromatic N) is 2. The molecule has 0 fully saturated rings. The van der Waals surface area contributed by atoms with Gasteiger partial charge in [0.05, 0.1) is 11.1 Å². The van der Waals surface area contributed by atoms with Crippen molar-refractivity contribution in [1.29, 1.82) is 0 Å². The molecule has 164 valence electrons. The Labute approximate surface area is 174 Å². The Morgan fingerprint density at radius 3 is 2.55 bits per heavy atom. The van der Waals surface area contributed by atoms with Gasteiger partial charge in [0.1, 0.15) is 12.6 Å². The Morgan fingerprint density at radius 1 is 1.32 bits per heavy atom. The van der Waals surface area contributed by atoms with Crippen molar-refractivity contribution in [3.8, 4) is 0 Å². The highest BCUT2D eigenvalue weighted by atomic mass is 19.4. The van der Waals surface area contributed by atoms with E-state index >= 15 is 4.39 Å². The van der Waals surface area contributed by atoms with E-state index in [4.69, 9.17) is 10.5 Å². The van der Waals surface area contributed by atoms with Gasteiger partial charge in [0.2, 0.25) is 5.91 Å². The highest BCUT2D eigenvalue weighted by Gasteiger charge is 2.56. The van der Waals surface area contributed by atoms with E-state index in [2.05, 4.69) is 9.84 Å². The highest BCUT2D eigenvalue weighted by molar-refractivity contribution is 6.06. The number of carbonyl (C=O) groups is 2. The van der Waals surface area contributed by atoms with E-state index in [1.807, 2.05) is 0 Å². The van der Waals surface area contributed by atoms with Crippen LogP contribution in [0, 0.1) is 0 Å². The molecule has 2 atom stereocenters. The van der Waals surface area contributed by atoms with E-state index in [9.17, 15) is 22.8 Å². The fourth-order valence-electron chi connectivity index (χ4n) is 3.67. The number of nitrogens with two attached hydrogens (primary N) is 1. The van der Waals surface area contributed by atoms with Crippen molar-refractivity contribution in [3.05, 3.63) is 65.3 Å². The molecule has 0 saturated carbocycles. The van der Waals surface area contributed by atoms with Crippen LogP contribution in [0.25, 0.3) is 0 Å². The molecule has 2 aliphatic rings. The van der Waals surface area contributed by atoms with Crippen LogP contribution in [0.1, 0.15) is 22.3 Å². The monoisotopic (exact) mass is 440 g/mol. The van der Waals surface area contributed by atoms with Crippen molar-refractivity contribution in [3.63, 3.8) is 0 Å². The molecule has 1 aromatic carbocycles. The van der Waals surface area contributed by atoms with Crippen molar-refractivity contribution < 1.29 is 36.6 Å². The minimum absolute atomic E-state index is 0.0425. The molecule has 1 aliphatic carbocycles. The lowest BCUT2D eigenvalue weighted by molar-refractivity contribution is -0.125. The van der Waals surface area contributed by atoms with Gasteiger partial charge in [-0.3, -0.25) is 9.59 Å². The second-order valence-corrected chi connectivity index (χ2v) is 6.89. The van der Waals surface area contributed by atoms with Crippen LogP contribution in [0.3, 0.4) is 0 Å². The number of rotatable bonds is 6. The summed E-state index contributed by atoms with van der Waals surface area (Å²) >= 11 is 0. The second kappa shape index (κ2) is 7.75. The van der Waals surface area contributed by atoms with Gasteiger partial charge in [-0.05, 0) is 12.1 Å². The number of quaternary nitrogens is 1. The van der Waals surface area contributed by atoms with E-state index in [0.29, 0.717) is 0 Å². The molecular formula is C20H18F4N3O4+. The van der Waals surface area contributed by atoms with E-state index in [-0.39, 0.29) is 29.7 Å². The van der Waals surface area contributed by atoms with Crippen LogP contribution >= 0.6 is 0 Å². The van der Waals surface area contributed by atoms with E-state index in [0.717, 1.165) is 7.05 Å². The van der Waals surface area contributed by atoms with Crippen molar-refractivity contribution in [2.75, 3.05) is 14.2 Å². The summed E-state index contributed by atoms with van der Waals surface area (Å²) in [7, 11) is 2.37. The first-order chi connectivity index (χ1) is 14.5. The summed E-state index contributed by atoms with van der Waals surface area (Å²) < 4.78 is 64.4. The predicted octanol–water partition coefficient (Wildman–Crippen LogP) is 3.32. The van der Waals surface area contributed by atoms with Gasteiger partial charge in [-0.2, -0.15) is 13.2 Å². The average Bonchev–Trinajstić information content (AvgIpc) is 3.00. The SMILES string of the molecule is COC1(c2c(C(N)=O)cccc2[N+]2(C)N=C(C(F)(F)F)C(OC=O)=C2F)C=CC=CC1. The number of hydrogen-bond acceptors (Lipinski definition) is 5. The third kappa shape index (κ3) is 3.55. The van der Waals surface area contributed by atoms with Gasteiger partial charge in [0.25, 0.3) is 17.9 Å². The first-order valence-electron chi connectivity index (χ1n) is 8.90. The molecule has 11 heteroatoms. The largest absolute Gasteiger partial charge is 0.442 e. The summed E-state index contributed by atoms with van der Waals surface area (Å²) in [5.74, 6) is -3.74. The normalized spacial score (nSPS) is 25.5. The van der Waals surface area contributed by atoms with Crippen LogP contribution < -0.4 is 10.3 Å². The Morgan fingerprint density at radius 2 is 2.03 bits per heavy atom. The number of halogens is 4. The predicted molar refractivity (Wildman–Crippen MR) is 103 cm³/mol. The lowest BCUT2D eigenvalue weighted by Crippen LogP contribution is -2.40. The fourth-order valence-corrected chi connectivity index (χ4v) is 3.67. The fraction of sp³-hybridized carbons (Fsp3) is 0.250. The topological polar surface area (TPSA) is 91.0 Å². The minimum Gasteiger partial charge on any atom is -0.417 e. The zero-order valence-corrected chi connectivity index (χ0v) is 16.4. The maximum atomic E-state index is 15.4. The van der Waals surface area contributed by atoms with Crippen LogP contribution in [-0.2, 0) is 19.9 Å². The summed E-state index contributed by atoms with van der Waals surface area (Å²) in [6, 6.07) is 3.99. The Balaban J connectivity index is 2.38. The van der Waals surface area contributed by atoms with Gasteiger partial charge >= 0.3 is 12.1 Å². The molecule has 0 spiro atoms. The molecule has 31 heavy (non-hydrogen) atoms. The van der Waals surface area contributed by atoms with Crippen molar-refractivity contribution in [2.24, 2.45) is 10.8 Å². The summed E-state index contributed by atoms with van der Waals surface area (Å²) in [6.45, 7) is -0.322. The number of primary amides is 1. The molecule has 0 aromatic heterocycles. The Hall–Kier alpha value is -3.31. The zero-order chi connectivity index (χ0) is 23.0. The van der Waals surface area contributed by atoms with E-state index in [1.165, 1.54) is 25.3 Å². The molecular weight excluding hydrogens is 422 g/mol. The molecule has 1 amide bonds. The van der Waals surface area contributed by atoms with Crippen LogP contribution in [0.5, 0.6) is 0 Å². The molecule has 3 rings (SSSR count). The second-order valence-electron chi connectivity index (χ2n) is 6.89. The zero-order valence-electron chi connectivity index (χ0n) is 16.4. The summed E-state index contributed by atoms with van der Waals surface area (Å²) in [6.07, 6.45) is 1.71. The molecule has 1 aromatic rings. The van der Waals surface area contributed by atoms with Gasteiger partial charge in [-0.15, -0.1) is 8.98 Å². The number of ether oxygens (including phenoxy) is 2. The number of alkyl halides is 3. The molecule has 1 aliphatic heterocycles. The summed E-state index contributed by atoms with van der Waals surface area (Å²) in [4.78, 5) is 22.9. The quantitative estimate of drug-likeness (QED) is 0.318. The molecule has 2 unspecified atom stereocenters. The molecule has 0 bridgehead atoms. The number of benzene rings is 1. The number of hydrogen-bond donors (Lipinski definition) is 1. The number of allylic oxidation sites excluding steroid dienone is 3. The lowest BCUT2D eigenvalue weighted by atomic mass is 9.82. The van der Waals surface area contributed by atoms with E-state index < -0.39 is 39.7 Å². The smallest absolute Gasteiger partial charge is 0.417 e. The lowest BCUT2D eigenvalue weighted by Gasteiger charge is -2.35. The highest BCUT2D eigenvalue weighted by Crippen LogP contribution is 2.47. The van der Waals surface area contributed by atoms with Crippen LogP contribution in [-0.4, -0.2) is 38.4 Å². The number of methoxy groups -OCH3 is 1. The summed E-state index contributed by atoms with van der Waals surface area (Å²) in [5, 5.41) is 3.51. The van der Waals surface area contributed by atoms with Crippen LogP contribution in [0.15, 0.2) is 59.3 Å². The minimum atomic E-state index is -5.11. The Bertz CT molecular complexity index is 1060. The maximum Gasteiger partial charge on any atom is 0.442 e. The first kappa shape index (κ1) is 22.4. The maximum absolute atomic E-state index is 15.4. The molecule has 2 N–H and O–H groups in total. The number of amides is 1. The van der Waals surface area contributed by atoms with Gasteiger partial charge in [-0.1, -0.05) is 29.4 Å². The van der Waals surface area contributed by atoms with Gasteiger partial charge < -0.3 is 15.2 Å².